The van der Waals surface area contributed by atoms with E-state index in [1.165, 1.54) is 44.9 Å². The fraction of sp³-hybridized carbons (Fsp3) is 0.815. The van der Waals surface area contributed by atoms with Crippen molar-refractivity contribution < 1.29 is 53.1 Å². The zero-order chi connectivity index (χ0) is 29.0. The zero-order valence-corrected chi connectivity index (χ0v) is 23.3. The van der Waals surface area contributed by atoms with Crippen molar-refractivity contribution >= 4 is 29.8 Å². The minimum atomic E-state index is -2.91. The molecule has 0 aromatic carbocycles. The molecule has 0 aliphatic carbocycles. The summed E-state index contributed by atoms with van der Waals surface area (Å²) in [6.07, 6.45) is 10.4. The zero-order valence-electron chi connectivity index (χ0n) is 23.3. The van der Waals surface area contributed by atoms with Crippen molar-refractivity contribution in [3.8, 4) is 0 Å². The summed E-state index contributed by atoms with van der Waals surface area (Å²) in [4.78, 5) is 60.4. The molecule has 0 rings (SSSR count). The Morgan fingerprint density at radius 2 is 1.11 bits per heavy atom. The van der Waals surface area contributed by atoms with Gasteiger partial charge in [0.1, 0.15) is 0 Å². The molecule has 220 valence electrons. The number of hydrogen-bond donors (Lipinski definition) is 2. The summed E-state index contributed by atoms with van der Waals surface area (Å²) in [6, 6.07) is 0. The predicted molar refractivity (Wildman–Crippen MR) is 136 cm³/mol. The molecule has 0 saturated carbocycles. The first-order valence-electron chi connectivity index (χ1n) is 13.6. The highest BCUT2D eigenvalue weighted by Gasteiger charge is 2.57. The summed E-state index contributed by atoms with van der Waals surface area (Å²) in [6.45, 7) is 4.05. The molecule has 0 radical (unpaired) electrons. The van der Waals surface area contributed by atoms with Gasteiger partial charge in [0.15, 0.2) is 12.2 Å². The van der Waals surface area contributed by atoms with E-state index < -0.39 is 54.4 Å². The smallest absolute Gasteiger partial charge is 0.405 e. The lowest BCUT2D eigenvalue weighted by molar-refractivity contribution is -0.267. The Balaban J connectivity index is 5.14. The molecular weight excluding hydrogens is 500 g/mol. The van der Waals surface area contributed by atoms with E-state index in [9.17, 15) is 29.1 Å². The number of aliphatic hydroxyl groups excluding tert-OH is 2. The van der Waals surface area contributed by atoms with Gasteiger partial charge in [-0.1, -0.05) is 84.0 Å². The Labute approximate surface area is 225 Å². The van der Waals surface area contributed by atoms with Crippen LogP contribution < -0.4 is 0 Å². The molecular formula is C27H46O11. The maximum atomic E-state index is 12.9. The number of rotatable bonds is 21. The first-order valence-corrected chi connectivity index (χ1v) is 13.6. The SMILES string of the molecule is CCCCCCCCCCCCCCCC(OC(C)=O)C(OC(C)=O)(OC(C)=O)C(=O)OC(=O)C(O)CO. The second-order valence-electron chi connectivity index (χ2n) is 9.39. The maximum Gasteiger partial charge on any atom is 0.405 e. The fourth-order valence-corrected chi connectivity index (χ4v) is 3.97. The third-order valence-electron chi connectivity index (χ3n) is 5.82. The van der Waals surface area contributed by atoms with Gasteiger partial charge in [0.05, 0.1) is 6.61 Å². The summed E-state index contributed by atoms with van der Waals surface area (Å²) in [5.74, 6) is -9.18. The van der Waals surface area contributed by atoms with Gasteiger partial charge in [-0.05, 0) is 12.8 Å². The van der Waals surface area contributed by atoms with Crippen molar-refractivity contribution in [1.82, 2.24) is 0 Å². The summed E-state index contributed by atoms with van der Waals surface area (Å²) in [7, 11) is 0. The predicted octanol–water partition coefficient (Wildman–Crippen LogP) is 3.64. The molecule has 38 heavy (non-hydrogen) atoms. The van der Waals surface area contributed by atoms with Crippen molar-refractivity contribution in [2.75, 3.05) is 6.61 Å². The van der Waals surface area contributed by atoms with Crippen molar-refractivity contribution in [1.29, 1.82) is 0 Å². The molecule has 0 aliphatic heterocycles. The maximum absolute atomic E-state index is 12.9. The van der Waals surface area contributed by atoms with Gasteiger partial charge in [-0.15, -0.1) is 0 Å². The Kier molecular flexibility index (Phi) is 19.1. The van der Waals surface area contributed by atoms with Crippen molar-refractivity contribution in [2.24, 2.45) is 0 Å². The summed E-state index contributed by atoms with van der Waals surface area (Å²) in [5.41, 5.74) is 0. The van der Waals surface area contributed by atoms with Crippen LogP contribution in [0.4, 0.5) is 0 Å². The van der Waals surface area contributed by atoms with Crippen LogP contribution in [0.15, 0.2) is 0 Å². The van der Waals surface area contributed by atoms with Gasteiger partial charge in [-0.3, -0.25) is 14.4 Å². The van der Waals surface area contributed by atoms with E-state index >= 15 is 0 Å². The Morgan fingerprint density at radius 3 is 1.47 bits per heavy atom. The molecule has 0 fully saturated rings. The van der Waals surface area contributed by atoms with Crippen LogP contribution in [-0.4, -0.2) is 64.7 Å². The highest BCUT2D eigenvalue weighted by Crippen LogP contribution is 2.29. The lowest BCUT2D eigenvalue weighted by Crippen LogP contribution is -2.58. The molecule has 11 heteroatoms. The van der Waals surface area contributed by atoms with Gasteiger partial charge in [-0.25, -0.2) is 9.59 Å². The number of carbonyl (C=O) groups is 5. The van der Waals surface area contributed by atoms with Gasteiger partial charge < -0.3 is 29.2 Å². The number of unbranched alkanes of at least 4 members (excludes halogenated alkanes) is 12. The molecule has 0 bridgehead atoms. The van der Waals surface area contributed by atoms with Crippen LogP contribution in [-0.2, 0) is 42.9 Å². The topological polar surface area (TPSA) is 163 Å². The van der Waals surface area contributed by atoms with Crippen LogP contribution in [0, 0.1) is 0 Å². The minimum Gasteiger partial charge on any atom is -0.453 e. The van der Waals surface area contributed by atoms with E-state index in [1.807, 2.05) is 0 Å². The fourth-order valence-electron chi connectivity index (χ4n) is 3.97. The van der Waals surface area contributed by atoms with E-state index in [1.54, 1.807) is 0 Å². The molecule has 0 amide bonds. The number of esters is 5. The van der Waals surface area contributed by atoms with Crippen molar-refractivity contribution in [2.45, 2.75) is 136 Å². The third kappa shape index (κ3) is 15.0. The van der Waals surface area contributed by atoms with Crippen LogP contribution >= 0.6 is 0 Å². The van der Waals surface area contributed by atoms with Gasteiger partial charge >= 0.3 is 35.6 Å². The Morgan fingerprint density at radius 1 is 0.684 bits per heavy atom. The van der Waals surface area contributed by atoms with E-state index in [-0.39, 0.29) is 6.42 Å². The summed E-state index contributed by atoms with van der Waals surface area (Å²) >= 11 is 0. The molecule has 0 aromatic rings. The molecule has 2 N–H and O–H groups in total. The minimum absolute atomic E-state index is 0.0518. The molecule has 2 unspecified atom stereocenters. The summed E-state index contributed by atoms with van der Waals surface area (Å²) < 4.78 is 19.8. The lowest BCUT2D eigenvalue weighted by atomic mass is 10.00. The summed E-state index contributed by atoms with van der Waals surface area (Å²) in [5, 5.41) is 18.4. The first kappa shape index (κ1) is 35.5. The number of aliphatic hydroxyl groups is 2. The number of carbonyl (C=O) groups excluding carboxylic acids is 5. The van der Waals surface area contributed by atoms with Crippen LogP contribution in [0.5, 0.6) is 0 Å². The molecule has 0 aromatic heterocycles. The van der Waals surface area contributed by atoms with Gasteiger partial charge in [-0.2, -0.15) is 0 Å². The standard InChI is InChI=1S/C27H46O11/c1-5-6-7-8-9-10-11-12-13-14-15-16-17-18-24(35-20(2)29)27(37-21(3)30,38-22(4)31)26(34)36-25(33)23(32)19-28/h23-24,28,32H,5-19H2,1-4H3. The normalized spacial score (nSPS) is 12.8. The van der Waals surface area contributed by atoms with Crippen molar-refractivity contribution in [3.05, 3.63) is 0 Å². The average molecular weight is 547 g/mol. The largest absolute Gasteiger partial charge is 0.453 e. The quantitative estimate of drug-likeness (QED) is 0.0710. The van der Waals surface area contributed by atoms with E-state index in [0.717, 1.165) is 46.5 Å². The highest BCUT2D eigenvalue weighted by atomic mass is 16.8. The van der Waals surface area contributed by atoms with Gasteiger partial charge in [0, 0.05) is 20.8 Å². The third-order valence-corrected chi connectivity index (χ3v) is 5.82. The van der Waals surface area contributed by atoms with E-state index in [0.29, 0.717) is 12.8 Å². The second-order valence-corrected chi connectivity index (χ2v) is 9.39. The number of hydrogen-bond acceptors (Lipinski definition) is 11. The van der Waals surface area contributed by atoms with Crippen molar-refractivity contribution in [3.63, 3.8) is 0 Å². The van der Waals surface area contributed by atoms with Crippen LogP contribution in [0.1, 0.15) is 118 Å². The van der Waals surface area contributed by atoms with Gasteiger partial charge in [0.25, 0.3) is 0 Å². The number of ether oxygens (including phenoxy) is 4. The Bertz CT molecular complexity index is 719. The second kappa shape index (κ2) is 20.4. The van der Waals surface area contributed by atoms with Crippen LogP contribution in [0.25, 0.3) is 0 Å². The highest BCUT2D eigenvalue weighted by molar-refractivity contribution is 5.94. The van der Waals surface area contributed by atoms with Gasteiger partial charge in [0.2, 0.25) is 0 Å². The Hall–Kier alpha value is -2.53. The van der Waals surface area contributed by atoms with Crippen LogP contribution in [0.3, 0.4) is 0 Å². The molecule has 0 aliphatic rings. The molecule has 0 saturated heterocycles. The van der Waals surface area contributed by atoms with E-state index in [2.05, 4.69) is 11.7 Å². The molecule has 11 nitrogen and oxygen atoms in total. The molecule has 0 spiro atoms. The average Bonchev–Trinajstić information content (AvgIpc) is 2.84. The van der Waals surface area contributed by atoms with E-state index in [4.69, 9.17) is 19.3 Å². The molecule has 2 atom stereocenters. The lowest BCUT2D eigenvalue weighted by Gasteiger charge is -2.35. The monoisotopic (exact) mass is 546 g/mol. The first-order chi connectivity index (χ1) is 18.0. The molecule has 0 heterocycles. The van der Waals surface area contributed by atoms with Crippen LogP contribution in [0.2, 0.25) is 0 Å².